The molecule has 0 aliphatic carbocycles. The maximum atomic E-state index is 4.51. The Morgan fingerprint density at radius 3 is 2.41 bits per heavy atom. The normalized spacial score (nSPS) is 10.9. The number of hydrogen-bond donors (Lipinski definition) is 0. The van der Waals surface area contributed by atoms with E-state index in [4.69, 9.17) is 0 Å². The molecule has 0 aliphatic heterocycles. The first-order valence-electron chi connectivity index (χ1n) is 8.66. The standard InChI is InChI=1S/C22H18BrN3S/c1-16-10-12-18(13-11-16)21-24-25-22(26(21)20-8-3-2-4-9-20)27-15-17-6-5-7-19(23)14-17/h2-14H,15H2,1H3. The Morgan fingerprint density at radius 2 is 1.67 bits per heavy atom. The third-order valence-corrected chi connectivity index (χ3v) is 5.71. The van der Waals surface area contributed by atoms with Crippen molar-refractivity contribution in [1.29, 1.82) is 0 Å². The van der Waals surface area contributed by atoms with Crippen LogP contribution in [0.1, 0.15) is 11.1 Å². The second-order valence-corrected chi connectivity index (χ2v) is 8.12. The van der Waals surface area contributed by atoms with Gasteiger partial charge in [-0.25, -0.2) is 0 Å². The Kier molecular flexibility index (Phi) is 5.41. The van der Waals surface area contributed by atoms with Crippen LogP contribution >= 0.6 is 27.7 Å². The fourth-order valence-corrected chi connectivity index (χ4v) is 4.18. The Morgan fingerprint density at radius 1 is 0.889 bits per heavy atom. The Hall–Kier alpha value is -2.37. The average molecular weight is 436 g/mol. The molecule has 0 saturated heterocycles. The van der Waals surface area contributed by atoms with E-state index in [9.17, 15) is 0 Å². The van der Waals surface area contributed by atoms with Gasteiger partial charge in [0.15, 0.2) is 11.0 Å². The van der Waals surface area contributed by atoms with Gasteiger partial charge in [-0.15, -0.1) is 10.2 Å². The van der Waals surface area contributed by atoms with E-state index in [-0.39, 0.29) is 0 Å². The molecule has 0 amide bonds. The van der Waals surface area contributed by atoms with Gasteiger partial charge >= 0.3 is 0 Å². The summed E-state index contributed by atoms with van der Waals surface area (Å²) in [5, 5.41) is 9.88. The summed E-state index contributed by atoms with van der Waals surface area (Å²) in [7, 11) is 0. The predicted octanol–water partition coefficient (Wildman–Crippen LogP) is 6.30. The van der Waals surface area contributed by atoms with Crippen LogP contribution in [0.5, 0.6) is 0 Å². The first-order valence-corrected chi connectivity index (χ1v) is 10.4. The number of para-hydroxylation sites is 1. The molecule has 4 rings (SSSR count). The third-order valence-electron chi connectivity index (χ3n) is 4.21. The van der Waals surface area contributed by atoms with Crippen molar-refractivity contribution in [3.05, 3.63) is 94.5 Å². The molecule has 0 fully saturated rings. The predicted molar refractivity (Wildman–Crippen MR) is 115 cm³/mol. The summed E-state index contributed by atoms with van der Waals surface area (Å²) in [6.45, 7) is 2.09. The summed E-state index contributed by atoms with van der Waals surface area (Å²) in [5.41, 5.74) is 4.60. The van der Waals surface area contributed by atoms with Gasteiger partial charge in [-0.3, -0.25) is 4.57 Å². The van der Waals surface area contributed by atoms with E-state index in [1.165, 1.54) is 11.1 Å². The monoisotopic (exact) mass is 435 g/mol. The molecule has 0 atom stereocenters. The van der Waals surface area contributed by atoms with E-state index in [0.717, 1.165) is 32.5 Å². The number of rotatable bonds is 5. The van der Waals surface area contributed by atoms with Gasteiger partial charge < -0.3 is 0 Å². The fraction of sp³-hybridized carbons (Fsp3) is 0.0909. The highest BCUT2D eigenvalue weighted by Crippen LogP contribution is 2.30. The molecule has 1 heterocycles. The lowest BCUT2D eigenvalue weighted by atomic mass is 10.1. The van der Waals surface area contributed by atoms with Crippen molar-refractivity contribution in [2.45, 2.75) is 17.8 Å². The molecular weight excluding hydrogens is 418 g/mol. The molecule has 0 N–H and O–H groups in total. The Balaban J connectivity index is 1.72. The highest BCUT2D eigenvalue weighted by Gasteiger charge is 2.16. The van der Waals surface area contributed by atoms with Gasteiger partial charge in [0.2, 0.25) is 0 Å². The van der Waals surface area contributed by atoms with Crippen LogP contribution in [-0.2, 0) is 5.75 Å². The maximum absolute atomic E-state index is 4.51. The van der Waals surface area contributed by atoms with E-state index >= 15 is 0 Å². The molecule has 3 aromatic carbocycles. The lowest BCUT2D eigenvalue weighted by molar-refractivity contribution is 0.886. The number of halogens is 1. The van der Waals surface area contributed by atoms with E-state index < -0.39 is 0 Å². The van der Waals surface area contributed by atoms with Crippen molar-refractivity contribution in [3.63, 3.8) is 0 Å². The number of hydrogen-bond acceptors (Lipinski definition) is 3. The van der Waals surface area contributed by atoms with Crippen molar-refractivity contribution in [1.82, 2.24) is 14.8 Å². The zero-order valence-corrected chi connectivity index (χ0v) is 17.2. The molecule has 27 heavy (non-hydrogen) atoms. The van der Waals surface area contributed by atoms with Crippen LogP contribution in [-0.4, -0.2) is 14.8 Å². The van der Waals surface area contributed by atoms with Gasteiger partial charge in [-0.05, 0) is 36.8 Å². The number of thioether (sulfide) groups is 1. The van der Waals surface area contributed by atoms with Crippen molar-refractivity contribution in [3.8, 4) is 17.1 Å². The summed E-state index contributed by atoms with van der Waals surface area (Å²) in [6.07, 6.45) is 0. The average Bonchev–Trinajstić information content (AvgIpc) is 3.12. The highest BCUT2D eigenvalue weighted by molar-refractivity contribution is 9.10. The molecule has 0 spiro atoms. The molecule has 0 unspecified atom stereocenters. The van der Waals surface area contributed by atoms with Gasteiger partial charge in [-0.2, -0.15) is 0 Å². The van der Waals surface area contributed by atoms with E-state index in [1.807, 2.05) is 24.3 Å². The first-order chi connectivity index (χ1) is 13.2. The van der Waals surface area contributed by atoms with Crippen LogP contribution in [0.3, 0.4) is 0 Å². The minimum Gasteiger partial charge on any atom is -0.270 e. The Bertz CT molecular complexity index is 1040. The quantitative estimate of drug-likeness (QED) is 0.344. The van der Waals surface area contributed by atoms with E-state index in [2.05, 4.69) is 92.2 Å². The molecule has 0 aliphatic rings. The first kappa shape index (κ1) is 18.0. The van der Waals surface area contributed by atoms with Crippen molar-refractivity contribution < 1.29 is 0 Å². The molecule has 0 radical (unpaired) electrons. The SMILES string of the molecule is Cc1ccc(-c2nnc(SCc3cccc(Br)c3)n2-c2ccccc2)cc1. The largest absolute Gasteiger partial charge is 0.270 e. The number of benzene rings is 3. The third kappa shape index (κ3) is 4.15. The molecule has 3 nitrogen and oxygen atoms in total. The molecule has 4 aromatic rings. The van der Waals surface area contributed by atoms with Crippen molar-refractivity contribution in [2.75, 3.05) is 0 Å². The minimum absolute atomic E-state index is 0.832. The summed E-state index contributed by atoms with van der Waals surface area (Å²) in [4.78, 5) is 0. The number of aryl methyl sites for hydroxylation is 1. The number of aromatic nitrogens is 3. The second kappa shape index (κ2) is 8.11. The Labute approximate surface area is 171 Å². The zero-order chi connectivity index (χ0) is 18.6. The van der Waals surface area contributed by atoms with E-state index in [0.29, 0.717) is 0 Å². The van der Waals surface area contributed by atoms with Crippen LogP contribution in [0.2, 0.25) is 0 Å². The van der Waals surface area contributed by atoms with Crippen molar-refractivity contribution in [2.24, 2.45) is 0 Å². The lowest BCUT2D eigenvalue weighted by Crippen LogP contribution is -1.99. The van der Waals surface area contributed by atoms with Crippen LogP contribution < -0.4 is 0 Å². The van der Waals surface area contributed by atoms with Gasteiger partial charge in [0.25, 0.3) is 0 Å². The van der Waals surface area contributed by atoms with Gasteiger partial charge in [0.1, 0.15) is 0 Å². The molecule has 5 heteroatoms. The van der Waals surface area contributed by atoms with Crippen LogP contribution in [0, 0.1) is 6.92 Å². The second-order valence-electron chi connectivity index (χ2n) is 6.26. The summed E-state index contributed by atoms with van der Waals surface area (Å²) in [5.74, 6) is 1.69. The summed E-state index contributed by atoms with van der Waals surface area (Å²) >= 11 is 5.23. The topological polar surface area (TPSA) is 30.7 Å². The molecule has 0 bridgehead atoms. The highest BCUT2D eigenvalue weighted by atomic mass is 79.9. The minimum atomic E-state index is 0.832. The molecule has 134 valence electrons. The number of nitrogens with zero attached hydrogens (tertiary/aromatic N) is 3. The lowest BCUT2D eigenvalue weighted by Gasteiger charge is -2.10. The molecular formula is C22H18BrN3S. The summed E-state index contributed by atoms with van der Waals surface area (Å²) < 4.78 is 3.22. The molecule has 0 saturated carbocycles. The summed E-state index contributed by atoms with van der Waals surface area (Å²) in [6, 6.07) is 27.0. The fourth-order valence-electron chi connectivity index (χ4n) is 2.84. The zero-order valence-electron chi connectivity index (χ0n) is 14.8. The van der Waals surface area contributed by atoms with Crippen LogP contribution in [0.15, 0.2) is 88.5 Å². The maximum Gasteiger partial charge on any atom is 0.196 e. The van der Waals surface area contributed by atoms with Gasteiger partial charge in [-0.1, -0.05) is 87.9 Å². The van der Waals surface area contributed by atoms with Crippen LogP contribution in [0.25, 0.3) is 17.1 Å². The van der Waals surface area contributed by atoms with Crippen molar-refractivity contribution >= 4 is 27.7 Å². The van der Waals surface area contributed by atoms with Gasteiger partial charge in [0, 0.05) is 21.5 Å². The van der Waals surface area contributed by atoms with E-state index in [1.54, 1.807) is 11.8 Å². The molecule has 1 aromatic heterocycles. The smallest absolute Gasteiger partial charge is 0.196 e. The van der Waals surface area contributed by atoms with Gasteiger partial charge in [0.05, 0.1) is 0 Å². The van der Waals surface area contributed by atoms with Crippen LogP contribution in [0.4, 0.5) is 0 Å².